The molecule has 1 aliphatic carbocycles. The molecule has 0 amide bonds. The minimum Gasteiger partial charge on any atom is -0.478 e. The van der Waals surface area contributed by atoms with Gasteiger partial charge in [0.05, 0.1) is 0 Å². The Bertz CT molecular complexity index is 291. The van der Waals surface area contributed by atoms with Crippen LogP contribution in [-0.4, -0.2) is 21.2 Å². The minimum atomic E-state index is -1.16. The van der Waals surface area contributed by atoms with Crippen molar-refractivity contribution in [1.29, 1.82) is 0 Å². The van der Waals surface area contributed by atoms with Gasteiger partial charge in [0.1, 0.15) is 0 Å². The van der Waals surface area contributed by atoms with Crippen LogP contribution < -0.4 is 0 Å². The Morgan fingerprint density at radius 3 is 2.20 bits per heavy atom. The molecule has 0 radical (unpaired) electrons. The number of aliphatic carboxylic acids is 1. The van der Waals surface area contributed by atoms with Gasteiger partial charge < -0.3 is 10.2 Å². The number of aliphatic hydroxyl groups is 1. The molecule has 1 rings (SSSR count). The van der Waals surface area contributed by atoms with E-state index >= 15 is 0 Å². The molecule has 0 spiro atoms. The van der Waals surface area contributed by atoms with Gasteiger partial charge in [-0.05, 0) is 13.0 Å². The molecular weight excluding hydrogens is 216 g/mol. The zero-order valence-corrected chi connectivity index (χ0v) is 9.53. The molecule has 0 bridgehead atoms. The molecule has 0 fully saturated rings. The van der Waals surface area contributed by atoms with Gasteiger partial charge in [-0.15, -0.1) is 0 Å². The maximum absolute atomic E-state index is 9.60. The van der Waals surface area contributed by atoms with E-state index in [0.29, 0.717) is 0 Å². The highest BCUT2D eigenvalue weighted by Crippen LogP contribution is 2.27. The van der Waals surface area contributed by atoms with Gasteiger partial charge in [-0.2, -0.15) is 0 Å². The van der Waals surface area contributed by atoms with E-state index in [1.54, 1.807) is 12.2 Å². The quantitative estimate of drug-likeness (QED) is 0.537. The first-order chi connectivity index (χ1) is 6.77. The predicted molar refractivity (Wildman–Crippen MR) is 60.7 cm³/mol. The lowest BCUT2D eigenvalue weighted by atomic mass is 10.00. The third-order valence-electron chi connectivity index (χ3n) is 1.84. The van der Waals surface area contributed by atoms with Gasteiger partial charge >= 0.3 is 5.97 Å². The molecular formula is C11H15ClO3. The average Bonchev–Trinajstić information content (AvgIpc) is 2.11. The van der Waals surface area contributed by atoms with Crippen molar-refractivity contribution in [2.24, 2.45) is 5.92 Å². The smallest absolute Gasteiger partial charge is 0.330 e. The molecule has 15 heavy (non-hydrogen) atoms. The minimum absolute atomic E-state index is 0.00386. The lowest BCUT2D eigenvalue weighted by molar-refractivity contribution is -0.132. The third-order valence-corrected chi connectivity index (χ3v) is 2.31. The Morgan fingerprint density at radius 2 is 2.00 bits per heavy atom. The van der Waals surface area contributed by atoms with Crippen molar-refractivity contribution >= 4 is 17.6 Å². The summed E-state index contributed by atoms with van der Waals surface area (Å²) in [6, 6.07) is 0. The van der Waals surface area contributed by atoms with Gasteiger partial charge in [-0.1, -0.05) is 43.3 Å². The fourth-order valence-corrected chi connectivity index (χ4v) is 0.854. The van der Waals surface area contributed by atoms with E-state index in [0.717, 1.165) is 0 Å². The summed E-state index contributed by atoms with van der Waals surface area (Å²) in [5.74, 6) is -0.931. The predicted octanol–water partition coefficient (Wildman–Crippen LogP) is 2.32. The molecule has 0 saturated heterocycles. The number of alkyl halides is 1. The number of hydrogen-bond donors (Lipinski definition) is 2. The van der Waals surface area contributed by atoms with Crippen LogP contribution in [0.1, 0.15) is 13.8 Å². The molecule has 2 unspecified atom stereocenters. The molecule has 0 aromatic rings. The van der Waals surface area contributed by atoms with Gasteiger partial charge in [0.15, 0.2) is 5.06 Å². The van der Waals surface area contributed by atoms with Crippen molar-refractivity contribution in [3.05, 3.63) is 36.5 Å². The average molecular weight is 231 g/mol. The van der Waals surface area contributed by atoms with Crippen molar-refractivity contribution in [1.82, 2.24) is 0 Å². The monoisotopic (exact) mass is 230 g/mol. The zero-order valence-electron chi connectivity index (χ0n) is 8.77. The standard InChI is InChI=1S/C7H9ClO.C4H6O2/c1-6-4-2-3-5-7(6,8)9;1-3(2)4(5)6/h2-6,9H,1H3;1H2,2H3,(H,5,6). The van der Waals surface area contributed by atoms with E-state index in [9.17, 15) is 9.90 Å². The first-order valence-corrected chi connectivity index (χ1v) is 4.81. The SMILES string of the molecule is C=C(C)C(=O)O.CC1C=CC=CC1(O)Cl. The number of carboxylic acid groups (broad SMARTS) is 1. The second-order valence-electron chi connectivity index (χ2n) is 3.35. The van der Waals surface area contributed by atoms with Gasteiger partial charge in [-0.3, -0.25) is 0 Å². The highest BCUT2D eigenvalue weighted by atomic mass is 35.5. The van der Waals surface area contributed by atoms with Crippen molar-refractivity contribution in [2.75, 3.05) is 0 Å². The van der Waals surface area contributed by atoms with Crippen LogP contribution in [0.25, 0.3) is 0 Å². The summed E-state index contributed by atoms with van der Waals surface area (Å²) in [7, 11) is 0. The molecule has 84 valence electrons. The number of halogens is 1. The summed E-state index contributed by atoms with van der Waals surface area (Å²) in [5.41, 5.74) is 0.176. The fraction of sp³-hybridized carbons (Fsp3) is 0.364. The van der Waals surface area contributed by atoms with Crippen LogP contribution in [-0.2, 0) is 4.79 Å². The van der Waals surface area contributed by atoms with E-state index in [1.165, 1.54) is 6.92 Å². The summed E-state index contributed by atoms with van der Waals surface area (Å²) in [6.45, 7) is 6.47. The topological polar surface area (TPSA) is 57.5 Å². The lowest BCUT2D eigenvalue weighted by Gasteiger charge is -2.23. The van der Waals surface area contributed by atoms with Crippen LogP contribution in [0.2, 0.25) is 0 Å². The maximum atomic E-state index is 9.60. The molecule has 3 nitrogen and oxygen atoms in total. The summed E-state index contributed by atoms with van der Waals surface area (Å²) in [4.78, 5) is 9.60. The normalized spacial score (nSPS) is 27.9. The van der Waals surface area contributed by atoms with E-state index < -0.39 is 11.0 Å². The van der Waals surface area contributed by atoms with Crippen molar-refractivity contribution in [3.8, 4) is 0 Å². The zero-order chi connectivity index (χ0) is 12.1. The first-order valence-electron chi connectivity index (χ1n) is 4.43. The second kappa shape index (κ2) is 5.73. The molecule has 0 heterocycles. The summed E-state index contributed by atoms with van der Waals surface area (Å²) < 4.78 is 0. The number of carbonyl (C=O) groups is 1. The first kappa shape index (κ1) is 13.9. The second-order valence-corrected chi connectivity index (χ2v) is 3.95. The Labute approximate surface area is 94.4 Å². The number of hydrogen-bond acceptors (Lipinski definition) is 2. The molecule has 1 aliphatic rings. The van der Waals surface area contributed by atoms with Crippen LogP contribution in [0, 0.1) is 5.92 Å². The number of carboxylic acids is 1. The Morgan fingerprint density at radius 1 is 1.53 bits per heavy atom. The van der Waals surface area contributed by atoms with E-state index in [2.05, 4.69) is 6.58 Å². The highest BCUT2D eigenvalue weighted by molar-refractivity contribution is 6.24. The van der Waals surface area contributed by atoms with Crippen LogP contribution in [0.15, 0.2) is 36.5 Å². The third kappa shape index (κ3) is 5.40. The van der Waals surface area contributed by atoms with Gasteiger partial charge in [0.2, 0.25) is 0 Å². The number of rotatable bonds is 1. The van der Waals surface area contributed by atoms with Crippen LogP contribution in [0.4, 0.5) is 0 Å². The molecule has 4 heteroatoms. The summed E-state index contributed by atoms with van der Waals surface area (Å²) >= 11 is 5.64. The molecule has 0 aromatic carbocycles. The molecule has 2 N–H and O–H groups in total. The lowest BCUT2D eigenvalue weighted by Crippen LogP contribution is -2.26. The summed E-state index contributed by atoms with van der Waals surface area (Å²) in [6.07, 6.45) is 7.07. The Balaban J connectivity index is 0.000000288. The molecule has 2 atom stereocenters. The summed E-state index contributed by atoms with van der Waals surface area (Å²) in [5, 5.41) is 16.0. The maximum Gasteiger partial charge on any atom is 0.330 e. The van der Waals surface area contributed by atoms with Crippen molar-refractivity contribution in [2.45, 2.75) is 18.9 Å². The van der Waals surface area contributed by atoms with Gasteiger partial charge in [-0.25, -0.2) is 4.79 Å². The van der Waals surface area contributed by atoms with Gasteiger partial charge in [0, 0.05) is 11.5 Å². The largest absolute Gasteiger partial charge is 0.478 e. The number of allylic oxidation sites excluding steroid dienone is 2. The van der Waals surface area contributed by atoms with Crippen LogP contribution in [0.5, 0.6) is 0 Å². The molecule has 0 aromatic heterocycles. The van der Waals surface area contributed by atoms with Crippen LogP contribution >= 0.6 is 11.6 Å². The molecule has 0 aliphatic heterocycles. The van der Waals surface area contributed by atoms with E-state index in [4.69, 9.17) is 16.7 Å². The highest BCUT2D eigenvalue weighted by Gasteiger charge is 2.26. The van der Waals surface area contributed by atoms with Crippen molar-refractivity contribution in [3.63, 3.8) is 0 Å². The van der Waals surface area contributed by atoms with Crippen LogP contribution in [0.3, 0.4) is 0 Å². The van der Waals surface area contributed by atoms with Gasteiger partial charge in [0.25, 0.3) is 0 Å². The Hall–Kier alpha value is -1.06. The fourth-order valence-electron chi connectivity index (χ4n) is 0.708. The molecule has 0 saturated carbocycles. The van der Waals surface area contributed by atoms with Crippen molar-refractivity contribution < 1.29 is 15.0 Å². The van der Waals surface area contributed by atoms with E-state index in [1.807, 2.05) is 19.1 Å². The van der Waals surface area contributed by atoms with E-state index in [-0.39, 0.29) is 11.5 Å². The Kier molecular flexibility index (Phi) is 5.33.